The van der Waals surface area contributed by atoms with Crippen molar-refractivity contribution in [2.24, 2.45) is 0 Å². The van der Waals surface area contributed by atoms with Crippen molar-refractivity contribution in [1.29, 1.82) is 0 Å². The van der Waals surface area contributed by atoms with Gasteiger partial charge in [-0.3, -0.25) is 5.01 Å². The summed E-state index contributed by atoms with van der Waals surface area (Å²) in [6, 6.07) is 0. The molecule has 0 fully saturated rings. The lowest BCUT2D eigenvalue weighted by molar-refractivity contribution is -0.112. The molecule has 0 saturated carbocycles. The Kier molecular flexibility index (Phi) is 3.96. The molecule has 0 aromatic rings. The minimum absolute atomic E-state index is 0.621. The highest BCUT2D eigenvalue weighted by molar-refractivity contribution is 6.29. The first-order valence-corrected chi connectivity index (χ1v) is 5.39. The predicted molar refractivity (Wildman–Crippen MR) is 57.8 cm³/mol. The van der Waals surface area contributed by atoms with Crippen molar-refractivity contribution >= 4 is 17.9 Å². The number of hydrogen-bond acceptors (Lipinski definition) is 3. The molecule has 1 atom stereocenters. The van der Waals surface area contributed by atoms with Gasteiger partial charge in [-0.15, -0.1) is 0 Å². The number of unbranched alkanes of at least 4 members (excludes halogenated alkanes) is 2. The number of hydrazine groups is 1. The van der Waals surface area contributed by atoms with Crippen LogP contribution in [0.15, 0.2) is 11.2 Å². The normalized spacial score (nSPS) is 26.5. The highest BCUT2D eigenvalue weighted by Gasteiger charge is 2.31. The quantitative estimate of drug-likeness (QED) is 0.434. The Bertz CT molecular complexity index is 242. The first-order chi connectivity index (χ1) is 6.61. The summed E-state index contributed by atoms with van der Waals surface area (Å²) >= 11 is 5.99. The van der Waals surface area contributed by atoms with E-state index in [1.165, 1.54) is 12.8 Å². The second-order valence-electron chi connectivity index (χ2n) is 3.84. The summed E-state index contributed by atoms with van der Waals surface area (Å²) in [5, 5.41) is 2.46. The Morgan fingerprint density at radius 1 is 1.64 bits per heavy atom. The topological polar surface area (TPSA) is 32.3 Å². The lowest BCUT2D eigenvalue weighted by Crippen LogP contribution is -2.46. The first-order valence-electron chi connectivity index (χ1n) is 5.01. The predicted octanol–water partition coefficient (Wildman–Crippen LogP) is 2.03. The van der Waals surface area contributed by atoms with Crippen molar-refractivity contribution in [2.45, 2.75) is 38.6 Å². The van der Waals surface area contributed by atoms with Gasteiger partial charge in [0.15, 0.2) is 0 Å². The Morgan fingerprint density at radius 3 is 2.86 bits per heavy atom. The molecule has 0 amide bonds. The average Bonchev–Trinajstić information content (AvgIpc) is 2.44. The van der Waals surface area contributed by atoms with Crippen molar-refractivity contribution in [3.05, 3.63) is 11.2 Å². The lowest BCUT2D eigenvalue weighted by atomic mass is 10.1. The van der Waals surface area contributed by atoms with Crippen LogP contribution < -0.4 is 5.43 Å². The Labute approximate surface area is 90.1 Å². The molecule has 1 N–H and O–H groups in total. The third-order valence-corrected chi connectivity index (χ3v) is 2.60. The molecule has 1 unspecified atom stereocenters. The lowest BCUT2D eigenvalue weighted by Gasteiger charge is -2.23. The largest absolute Gasteiger partial charge is 0.301 e. The molecule has 0 saturated heterocycles. The van der Waals surface area contributed by atoms with Gasteiger partial charge in [-0.25, -0.2) is 5.43 Å². The van der Waals surface area contributed by atoms with Crippen LogP contribution in [0.4, 0.5) is 0 Å². The maximum Gasteiger partial charge on any atom is 0.145 e. The molecule has 80 valence electrons. The van der Waals surface area contributed by atoms with E-state index in [0.29, 0.717) is 5.16 Å². The number of nitrogens with zero attached hydrogens (tertiary/aromatic N) is 1. The van der Waals surface area contributed by atoms with Crippen LogP contribution in [0.3, 0.4) is 0 Å². The highest BCUT2D eigenvalue weighted by atomic mass is 35.5. The van der Waals surface area contributed by atoms with Crippen molar-refractivity contribution in [3.8, 4) is 0 Å². The third-order valence-electron chi connectivity index (χ3n) is 2.28. The number of carbonyl (C=O) groups excluding carboxylic acids is 1. The number of nitrogens with one attached hydrogen (secondary N) is 1. The van der Waals surface area contributed by atoms with E-state index in [1.54, 1.807) is 6.08 Å². The molecule has 3 nitrogen and oxygen atoms in total. The molecular weight excluding hydrogens is 200 g/mol. The van der Waals surface area contributed by atoms with Gasteiger partial charge < -0.3 is 4.79 Å². The SMILES string of the molecule is CCCCCN1NC(C)(C=O)C=C1Cl. The molecule has 4 heteroatoms. The number of rotatable bonds is 5. The monoisotopic (exact) mass is 216 g/mol. The summed E-state index contributed by atoms with van der Waals surface area (Å²) in [4.78, 5) is 10.8. The Morgan fingerprint density at radius 2 is 2.36 bits per heavy atom. The van der Waals surface area contributed by atoms with Crippen LogP contribution in [0.2, 0.25) is 0 Å². The first kappa shape index (κ1) is 11.5. The highest BCUT2D eigenvalue weighted by Crippen LogP contribution is 2.22. The van der Waals surface area contributed by atoms with Gasteiger partial charge in [0.25, 0.3) is 0 Å². The zero-order chi connectivity index (χ0) is 10.6. The smallest absolute Gasteiger partial charge is 0.145 e. The number of hydrogen-bond donors (Lipinski definition) is 1. The fourth-order valence-corrected chi connectivity index (χ4v) is 1.80. The second kappa shape index (κ2) is 4.80. The number of halogens is 1. The van der Waals surface area contributed by atoms with Crippen LogP contribution in [0, 0.1) is 0 Å². The van der Waals surface area contributed by atoms with Gasteiger partial charge in [0.2, 0.25) is 0 Å². The molecule has 0 bridgehead atoms. The minimum Gasteiger partial charge on any atom is -0.301 e. The zero-order valence-electron chi connectivity index (χ0n) is 8.72. The van der Waals surface area contributed by atoms with E-state index in [9.17, 15) is 4.79 Å². The Hall–Kier alpha value is -0.540. The maximum absolute atomic E-state index is 10.8. The van der Waals surface area contributed by atoms with E-state index in [-0.39, 0.29) is 0 Å². The van der Waals surface area contributed by atoms with Gasteiger partial charge in [-0.2, -0.15) is 0 Å². The van der Waals surface area contributed by atoms with Crippen LogP contribution in [0.25, 0.3) is 0 Å². The average molecular weight is 217 g/mol. The summed E-state index contributed by atoms with van der Waals surface area (Å²) in [7, 11) is 0. The fraction of sp³-hybridized carbons (Fsp3) is 0.700. The zero-order valence-corrected chi connectivity index (χ0v) is 9.47. The molecular formula is C10H17ClN2O. The molecule has 14 heavy (non-hydrogen) atoms. The molecule has 1 heterocycles. The molecule has 0 aromatic heterocycles. The molecule has 1 aliphatic rings. The van der Waals surface area contributed by atoms with Crippen LogP contribution in [-0.4, -0.2) is 23.4 Å². The van der Waals surface area contributed by atoms with Gasteiger partial charge in [0.1, 0.15) is 17.0 Å². The van der Waals surface area contributed by atoms with Gasteiger partial charge >= 0.3 is 0 Å². The second-order valence-corrected chi connectivity index (χ2v) is 4.23. The van der Waals surface area contributed by atoms with Crippen molar-refractivity contribution in [3.63, 3.8) is 0 Å². The van der Waals surface area contributed by atoms with Crippen LogP contribution in [-0.2, 0) is 4.79 Å². The van der Waals surface area contributed by atoms with E-state index in [2.05, 4.69) is 12.3 Å². The number of carbonyl (C=O) groups is 1. The van der Waals surface area contributed by atoms with Crippen LogP contribution >= 0.6 is 11.6 Å². The number of aldehydes is 1. The summed E-state index contributed by atoms with van der Waals surface area (Å²) < 4.78 is 0. The molecule has 0 spiro atoms. The van der Waals surface area contributed by atoms with E-state index < -0.39 is 5.54 Å². The van der Waals surface area contributed by atoms with Gasteiger partial charge in [-0.1, -0.05) is 31.4 Å². The van der Waals surface area contributed by atoms with Gasteiger partial charge in [0, 0.05) is 6.54 Å². The van der Waals surface area contributed by atoms with E-state index in [0.717, 1.165) is 19.3 Å². The van der Waals surface area contributed by atoms with Crippen LogP contribution in [0.5, 0.6) is 0 Å². The molecule has 0 radical (unpaired) electrons. The summed E-state index contributed by atoms with van der Waals surface area (Å²) in [6.45, 7) is 4.82. The molecule has 1 aliphatic heterocycles. The van der Waals surface area contributed by atoms with E-state index >= 15 is 0 Å². The van der Waals surface area contributed by atoms with Gasteiger partial charge in [-0.05, 0) is 19.4 Å². The van der Waals surface area contributed by atoms with Crippen LogP contribution in [0.1, 0.15) is 33.1 Å². The molecule has 0 aliphatic carbocycles. The Balaban J connectivity index is 2.44. The minimum atomic E-state index is -0.622. The standard InChI is InChI=1S/C10H17ClN2O/c1-3-4-5-6-13-9(11)7-10(2,8-14)12-13/h7-8,12H,3-6H2,1-2H3. The summed E-state index contributed by atoms with van der Waals surface area (Å²) in [5.41, 5.74) is 2.44. The maximum atomic E-state index is 10.8. The summed E-state index contributed by atoms with van der Waals surface area (Å²) in [5.74, 6) is 0. The van der Waals surface area contributed by atoms with E-state index in [4.69, 9.17) is 11.6 Å². The van der Waals surface area contributed by atoms with Crippen molar-refractivity contribution in [1.82, 2.24) is 10.4 Å². The van der Waals surface area contributed by atoms with Gasteiger partial charge in [0.05, 0.1) is 0 Å². The van der Waals surface area contributed by atoms with Crippen molar-refractivity contribution in [2.75, 3.05) is 6.54 Å². The van der Waals surface area contributed by atoms with E-state index in [1.807, 2.05) is 11.9 Å². The third kappa shape index (κ3) is 2.72. The molecule has 0 aromatic carbocycles. The fourth-order valence-electron chi connectivity index (χ4n) is 1.44. The molecule has 1 rings (SSSR count). The summed E-state index contributed by atoms with van der Waals surface area (Å²) in [6.07, 6.45) is 6.06. The van der Waals surface area contributed by atoms with Crippen molar-refractivity contribution < 1.29 is 4.79 Å².